The van der Waals surface area contributed by atoms with E-state index in [0.29, 0.717) is 0 Å². The summed E-state index contributed by atoms with van der Waals surface area (Å²) in [7, 11) is 0. The molecule has 0 radical (unpaired) electrons. The largest absolute Gasteiger partial charge is 0.457 e. The fourth-order valence-corrected chi connectivity index (χ4v) is 2.11. The summed E-state index contributed by atoms with van der Waals surface area (Å²) in [5.74, 6) is 1.66. The second kappa shape index (κ2) is 7.68. The number of benzene rings is 2. The van der Waals surface area contributed by atoms with Crippen molar-refractivity contribution in [1.29, 1.82) is 0 Å². The molecule has 0 spiro atoms. The number of ether oxygens (including phenoxy) is 1. The van der Waals surface area contributed by atoms with E-state index >= 15 is 0 Å². The quantitative estimate of drug-likeness (QED) is 0.755. The summed E-state index contributed by atoms with van der Waals surface area (Å²) in [6.45, 7) is 0.726. The van der Waals surface area contributed by atoms with Gasteiger partial charge < -0.3 is 16.2 Å². The van der Waals surface area contributed by atoms with E-state index in [2.05, 4.69) is 0 Å². The van der Waals surface area contributed by atoms with Gasteiger partial charge in [0.05, 0.1) is 0 Å². The molecule has 2 aromatic carbocycles. The molecule has 0 aliphatic rings. The third kappa shape index (κ3) is 4.37. The van der Waals surface area contributed by atoms with Gasteiger partial charge >= 0.3 is 0 Å². The molecule has 20 heavy (non-hydrogen) atoms. The van der Waals surface area contributed by atoms with Gasteiger partial charge in [0.1, 0.15) is 11.5 Å². The number of unbranched alkanes of at least 4 members (excludes halogenated alkanes) is 1. The van der Waals surface area contributed by atoms with Crippen molar-refractivity contribution in [2.75, 3.05) is 6.54 Å². The maximum absolute atomic E-state index is 6.20. The third-order valence-electron chi connectivity index (χ3n) is 3.23. The first-order valence-electron chi connectivity index (χ1n) is 7.08. The molecule has 3 nitrogen and oxygen atoms in total. The lowest BCUT2D eigenvalue weighted by molar-refractivity contribution is 0.480. The molecule has 0 bridgehead atoms. The van der Waals surface area contributed by atoms with E-state index < -0.39 is 0 Å². The smallest absolute Gasteiger partial charge is 0.127 e. The van der Waals surface area contributed by atoms with Gasteiger partial charge in [-0.3, -0.25) is 0 Å². The molecule has 0 unspecified atom stereocenters. The fourth-order valence-electron chi connectivity index (χ4n) is 2.11. The van der Waals surface area contributed by atoms with E-state index in [1.807, 2.05) is 54.6 Å². The lowest BCUT2D eigenvalue weighted by Gasteiger charge is -2.13. The summed E-state index contributed by atoms with van der Waals surface area (Å²) in [5, 5.41) is 0. The maximum Gasteiger partial charge on any atom is 0.127 e. The van der Waals surface area contributed by atoms with Gasteiger partial charge in [0.25, 0.3) is 0 Å². The minimum absolute atomic E-state index is 0.0425. The Labute approximate surface area is 120 Å². The van der Waals surface area contributed by atoms with Crippen LogP contribution in [0.1, 0.15) is 30.9 Å². The Bertz CT molecular complexity index is 513. The van der Waals surface area contributed by atoms with Crippen LogP contribution in [-0.4, -0.2) is 6.54 Å². The maximum atomic E-state index is 6.20. The molecule has 106 valence electrons. The summed E-state index contributed by atoms with van der Waals surface area (Å²) in [5.41, 5.74) is 12.8. The number of nitrogens with two attached hydrogens (primary N) is 2. The molecule has 0 aliphatic heterocycles. The lowest BCUT2D eigenvalue weighted by Crippen LogP contribution is -2.11. The number of rotatable bonds is 7. The Morgan fingerprint density at radius 3 is 2.40 bits per heavy atom. The van der Waals surface area contributed by atoms with E-state index in [9.17, 15) is 0 Å². The summed E-state index contributed by atoms with van der Waals surface area (Å²) in [4.78, 5) is 0. The molecule has 3 heteroatoms. The zero-order valence-corrected chi connectivity index (χ0v) is 11.7. The first-order valence-corrected chi connectivity index (χ1v) is 7.08. The second-order valence-electron chi connectivity index (χ2n) is 4.88. The topological polar surface area (TPSA) is 61.3 Å². The predicted octanol–water partition coefficient (Wildman–Crippen LogP) is 3.61. The highest BCUT2D eigenvalue weighted by Crippen LogP contribution is 2.25. The van der Waals surface area contributed by atoms with Crippen LogP contribution in [0.2, 0.25) is 0 Å². The van der Waals surface area contributed by atoms with Crippen molar-refractivity contribution >= 4 is 0 Å². The lowest BCUT2D eigenvalue weighted by atomic mass is 10.0. The van der Waals surface area contributed by atoms with Crippen molar-refractivity contribution in [1.82, 2.24) is 0 Å². The minimum Gasteiger partial charge on any atom is -0.457 e. The van der Waals surface area contributed by atoms with Crippen molar-refractivity contribution in [3.63, 3.8) is 0 Å². The van der Waals surface area contributed by atoms with E-state index in [1.54, 1.807) is 0 Å². The van der Waals surface area contributed by atoms with Gasteiger partial charge in [-0.25, -0.2) is 0 Å². The van der Waals surface area contributed by atoms with Gasteiger partial charge in [-0.05, 0) is 49.2 Å². The summed E-state index contributed by atoms with van der Waals surface area (Å²) >= 11 is 0. The molecule has 0 aromatic heterocycles. The van der Waals surface area contributed by atoms with Gasteiger partial charge in [0.2, 0.25) is 0 Å². The average Bonchev–Trinajstić information content (AvgIpc) is 2.49. The Balaban J connectivity index is 2.00. The molecular formula is C17H22N2O. The molecule has 0 heterocycles. The normalized spacial score (nSPS) is 12.1. The molecule has 0 amide bonds. The first kappa shape index (κ1) is 14.6. The number of para-hydroxylation sites is 1. The zero-order valence-electron chi connectivity index (χ0n) is 11.7. The molecule has 0 saturated carbocycles. The van der Waals surface area contributed by atoms with Gasteiger partial charge in [-0.2, -0.15) is 0 Å². The molecular weight excluding hydrogens is 248 g/mol. The summed E-state index contributed by atoms with van der Waals surface area (Å²) in [6.07, 6.45) is 3.03. The second-order valence-corrected chi connectivity index (χ2v) is 4.88. The zero-order chi connectivity index (χ0) is 14.2. The van der Waals surface area contributed by atoms with Crippen LogP contribution in [0.3, 0.4) is 0 Å². The molecule has 0 aliphatic carbocycles. The highest BCUT2D eigenvalue weighted by molar-refractivity contribution is 5.34. The Morgan fingerprint density at radius 1 is 0.900 bits per heavy atom. The van der Waals surface area contributed by atoms with Crippen LogP contribution in [0.25, 0.3) is 0 Å². The highest BCUT2D eigenvalue weighted by atomic mass is 16.5. The predicted molar refractivity (Wildman–Crippen MR) is 82.8 cm³/mol. The van der Waals surface area contributed by atoms with E-state index in [0.717, 1.165) is 42.9 Å². The first-order chi connectivity index (χ1) is 9.79. The minimum atomic E-state index is 0.0425. The van der Waals surface area contributed by atoms with Crippen molar-refractivity contribution in [3.8, 4) is 11.5 Å². The third-order valence-corrected chi connectivity index (χ3v) is 3.23. The van der Waals surface area contributed by atoms with Crippen LogP contribution in [-0.2, 0) is 0 Å². The van der Waals surface area contributed by atoms with Crippen LogP contribution < -0.4 is 16.2 Å². The Kier molecular flexibility index (Phi) is 5.59. The highest BCUT2D eigenvalue weighted by Gasteiger charge is 2.07. The molecule has 2 rings (SSSR count). The van der Waals surface area contributed by atoms with Crippen molar-refractivity contribution in [3.05, 3.63) is 60.2 Å². The number of hydrogen-bond acceptors (Lipinski definition) is 3. The van der Waals surface area contributed by atoms with Gasteiger partial charge in [-0.1, -0.05) is 36.8 Å². The van der Waals surface area contributed by atoms with Crippen LogP contribution in [0.15, 0.2) is 54.6 Å². The van der Waals surface area contributed by atoms with Crippen LogP contribution in [0.4, 0.5) is 0 Å². The van der Waals surface area contributed by atoms with Gasteiger partial charge in [0, 0.05) is 6.04 Å². The standard InChI is InChI=1S/C17H22N2O/c18-12-5-4-11-17(19)14-7-6-10-16(13-14)20-15-8-2-1-3-9-15/h1-3,6-10,13,17H,4-5,11-12,18-19H2/t17-/m0/s1. The van der Waals surface area contributed by atoms with Crippen LogP contribution in [0, 0.1) is 0 Å². The summed E-state index contributed by atoms with van der Waals surface area (Å²) in [6, 6.07) is 17.8. The Hall–Kier alpha value is -1.84. The molecule has 4 N–H and O–H groups in total. The number of hydrogen-bond donors (Lipinski definition) is 2. The van der Waals surface area contributed by atoms with Crippen LogP contribution in [0.5, 0.6) is 11.5 Å². The SMILES string of the molecule is NCCCC[C@H](N)c1cccc(Oc2ccccc2)c1. The fraction of sp³-hybridized carbons (Fsp3) is 0.294. The summed E-state index contributed by atoms with van der Waals surface area (Å²) < 4.78 is 5.82. The monoisotopic (exact) mass is 270 g/mol. The molecule has 2 aromatic rings. The van der Waals surface area contributed by atoms with E-state index in [-0.39, 0.29) is 6.04 Å². The molecule has 0 fully saturated rings. The van der Waals surface area contributed by atoms with Crippen molar-refractivity contribution in [2.24, 2.45) is 11.5 Å². The van der Waals surface area contributed by atoms with E-state index in [1.165, 1.54) is 0 Å². The van der Waals surface area contributed by atoms with E-state index in [4.69, 9.17) is 16.2 Å². The van der Waals surface area contributed by atoms with Crippen molar-refractivity contribution in [2.45, 2.75) is 25.3 Å². The average molecular weight is 270 g/mol. The van der Waals surface area contributed by atoms with Gasteiger partial charge in [-0.15, -0.1) is 0 Å². The Morgan fingerprint density at radius 2 is 1.65 bits per heavy atom. The molecule has 1 atom stereocenters. The van der Waals surface area contributed by atoms with Crippen LogP contribution >= 0.6 is 0 Å². The molecule has 0 saturated heterocycles. The van der Waals surface area contributed by atoms with Crippen molar-refractivity contribution < 1.29 is 4.74 Å². The van der Waals surface area contributed by atoms with Gasteiger partial charge in [0.15, 0.2) is 0 Å².